The minimum atomic E-state index is -1.24. The number of hydrogen-bond acceptors (Lipinski definition) is 18. The van der Waals surface area contributed by atoms with E-state index < -0.39 is 48.6 Å². The van der Waals surface area contributed by atoms with E-state index in [1.165, 1.54) is 34.8 Å². The van der Waals surface area contributed by atoms with Gasteiger partial charge >= 0.3 is 7.12 Å². The maximum absolute atomic E-state index is 14.7. The van der Waals surface area contributed by atoms with Gasteiger partial charge in [-0.3, -0.25) is 24.0 Å². The molecule has 0 spiro atoms. The topological polar surface area (TPSA) is 337 Å². The van der Waals surface area contributed by atoms with Crippen LogP contribution >= 0.6 is 45.4 Å². The number of benzene rings is 7. The highest BCUT2D eigenvalue weighted by atomic mass is 79.9. The first kappa shape index (κ1) is 91.6. The number of phenols is 2. The summed E-state index contributed by atoms with van der Waals surface area (Å²) in [6.07, 6.45) is 6.68. The van der Waals surface area contributed by atoms with Crippen molar-refractivity contribution in [2.24, 2.45) is 29.0 Å². The molecular weight excluding hydrogens is 1520 g/mol. The molecule has 1 aliphatic heterocycles. The number of aromatic nitrogens is 2. The summed E-state index contributed by atoms with van der Waals surface area (Å²) in [6.45, 7) is 18.8. The number of hydrogen-bond donors (Lipinski definition) is 8. The summed E-state index contributed by atoms with van der Waals surface area (Å²) < 4.78 is 20.1. The molecule has 24 heteroatoms. The van der Waals surface area contributed by atoms with Crippen LogP contribution in [0.4, 0.5) is 0 Å². The van der Waals surface area contributed by atoms with Gasteiger partial charge in [0, 0.05) is 89.5 Å². The number of carbonyl (C=O) groups excluding carboxylic acids is 5. The molecule has 2 amide bonds. The second-order valence-corrected chi connectivity index (χ2v) is 28.3. The molecule has 0 radical (unpaired) electrons. The van der Waals surface area contributed by atoms with Crippen molar-refractivity contribution in [1.29, 1.82) is 5.26 Å². The van der Waals surface area contributed by atoms with Crippen LogP contribution in [0.5, 0.6) is 28.7 Å². The number of nitrogens with one attached hydrogen (secondary N) is 1. The van der Waals surface area contributed by atoms with Crippen molar-refractivity contribution in [1.82, 2.24) is 20.2 Å². The number of aromatic hydroxyl groups is 2. The predicted molar refractivity (Wildman–Crippen MR) is 441 cm³/mol. The van der Waals surface area contributed by atoms with Gasteiger partial charge in [-0.1, -0.05) is 152 Å². The molecule has 9 rings (SSSR count). The average Bonchev–Trinajstić information content (AvgIpc) is 0.780. The molecule has 4 bridgehead atoms. The van der Waals surface area contributed by atoms with Crippen molar-refractivity contribution in [2.45, 2.75) is 158 Å². The third-order valence-electron chi connectivity index (χ3n) is 17.6. The first-order valence-corrected chi connectivity index (χ1v) is 37.9. The number of ketones is 3. The van der Waals surface area contributed by atoms with Gasteiger partial charge in [-0.25, -0.2) is 9.97 Å². The van der Waals surface area contributed by atoms with Crippen molar-refractivity contribution in [2.75, 3.05) is 39.9 Å². The standard InChI is InChI=1S/C50H62N8O7.C14H13BrO.C10H14O.C7H7BrO.C3H9BO2.H2S/c1-6-8-33-10-13-37(30(2)23-33)48-55-29-40(32(4)56-48)43(60)28-36(16-18-52)50(63)58(5)47-35-12-15-46(65-22-20-54)39(27-35)38-25-34(11-14-45(38)64-21-19-53)26-41(42(59)9-7-17-51)57-49(62)31(3)24-44(47)61;1-11-9-13(15)7-8-14(11)16-10-12-5-3-2-4-6-12;1-3-4-9-5-6-10(11)8(2)7-9;1-5-4-6(8)2-3-7(5)9;1-2-3-4(5)6;/h10-15,23,25,27,29,31,36,41,47H,6-9,16,18-22,24,26,28,52-54H2,1-5H3,(H,57,62);2-9H,10H2,1H3;5-7,11H,3-4H2,1-2H3;2-4,9H,1H3;5-6H,2-3H2,1H3;1H2/t31-,36-,41+,47+;;;;;/m1...../s1. The van der Waals surface area contributed by atoms with E-state index in [1.54, 1.807) is 56.3 Å². The lowest BCUT2D eigenvalue weighted by Gasteiger charge is -2.32. The summed E-state index contributed by atoms with van der Waals surface area (Å²) >= 11 is 6.72. The van der Waals surface area contributed by atoms with Crippen molar-refractivity contribution in [3.8, 4) is 57.3 Å². The van der Waals surface area contributed by atoms with Crippen molar-refractivity contribution < 1.29 is 58.4 Å². The monoisotopic (exact) mass is 1620 g/mol. The number of nitrogens with two attached hydrogens (primary N) is 3. The highest BCUT2D eigenvalue weighted by molar-refractivity contribution is 9.10. The van der Waals surface area contributed by atoms with Crippen LogP contribution in [0, 0.1) is 57.8 Å². The highest BCUT2D eigenvalue weighted by Gasteiger charge is 2.37. The minimum absolute atomic E-state index is 0. The van der Waals surface area contributed by atoms with Crippen LogP contribution in [0.15, 0.2) is 155 Å². The Morgan fingerprint density at radius 3 is 1.79 bits per heavy atom. The molecule has 8 aromatic rings. The van der Waals surface area contributed by atoms with E-state index in [2.05, 4.69) is 86.3 Å². The van der Waals surface area contributed by atoms with Gasteiger partial charge in [-0.05, 0) is 190 Å². The Hall–Kier alpha value is -8.77. The fraction of sp³-hybridized carbons (Fsp3) is 0.381. The number of ether oxygens (including phenoxy) is 3. The zero-order valence-electron chi connectivity index (χ0n) is 63.8. The van der Waals surface area contributed by atoms with Crippen LogP contribution in [0.2, 0.25) is 6.32 Å². The SMILES string of the molecule is CCCB(O)O.CCCc1ccc(-c2ncc(C(=O)C[C@@H](CCN)C(=O)N(C)[C@@H]3C(=O)C[C@@H](C)C(=O)N[C@H](C(=O)CCC#N)Cc4ccc(OCCN)c(c4)-c4cc3ccc4OCCN)c(C)n2)c(C)c1.CCCc1ccc(O)c(C)c1.Cc1cc(Br)ccc1O.Cc1cc(Br)ccc1OCc1ccccc1.S. The summed E-state index contributed by atoms with van der Waals surface area (Å²) in [7, 11) is 0.401. The van der Waals surface area contributed by atoms with Gasteiger partial charge in [-0.2, -0.15) is 18.8 Å². The van der Waals surface area contributed by atoms with E-state index in [-0.39, 0.29) is 102 Å². The van der Waals surface area contributed by atoms with Gasteiger partial charge < -0.3 is 61.9 Å². The number of Topliss-reactive ketones (excluding diaryl/α,β-unsaturated/α-hetero) is 3. The third kappa shape index (κ3) is 29.3. The number of halogens is 2. The summed E-state index contributed by atoms with van der Waals surface area (Å²) in [5, 5.41) is 46.5. The number of amides is 2. The molecule has 2 heterocycles. The molecule has 4 atom stereocenters. The number of fused-ring (bicyclic) bond motifs is 5. The Balaban J connectivity index is 0.000000453. The average molecular weight is 1620 g/mol. The van der Waals surface area contributed by atoms with E-state index in [0.29, 0.717) is 69.7 Å². The molecule has 7 aromatic carbocycles. The van der Waals surface area contributed by atoms with Crippen LogP contribution < -0.4 is 36.7 Å². The number of nitriles is 1. The quantitative estimate of drug-likeness (QED) is 0.0184. The Morgan fingerprint density at radius 1 is 0.676 bits per heavy atom. The number of carbonyl (C=O) groups is 5. The fourth-order valence-corrected chi connectivity index (χ4v) is 12.8. The predicted octanol–water partition coefficient (Wildman–Crippen LogP) is 14.7. The van der Waals surface area contributed by atoms with E-state index in [4.69, 9.17) is 51.6 Å². The zero-order chi connectivity index (χ0) is 78.7. The number of rotatable bonds is 26. The molecule has 0 aliphatic carbocycles. The molecule has 11 N–H and O–H groups in total. The lowest BCUT2D eigenvalue weighted by molar-refractivity contribution is -0.142. The van der Waals surface area contributed by atoms with Crippen LogP contribution in [-0.4, -0.2) is 117 Å². The van der Waals surface area contributed by atoms with Crippen molar-refractivity contribution in [3.05, 3.63) is 216 Å². The molecular formula is C84H107BBr2N8O12S. The minimum Gasteiger partial charge on any atom is -0.508 e. The maximum atomic E-state index is 14.7. The molecule has 108 heavy (non-hydrogen) atoms. The van der Waals surface area contributed by atoms with E-state index in [1.807, 2.05) is 107 Å². The summed E-state index contributed by atoms with van der Waals surface area (Å²) in [5.74, 6) is -0.989. The van der Waals surface area contributed by atoms with Crippen LogP contribution in [0.1, 0.15) is 151 Å². The normalized spacial score (nSPS) is 13.8. The third-order valence-corrected chi connectivity index (χ3v) is 18.5. The van der Waals surface area contributed by atoms with E-state index >= 15 is 0 Å². The molecule has 20 nitrogen and oxygen atoms in total. The Morgan fingerprint density at radius 2 is 1.25 bits per heavy atom. The number of phenolic OH excluding ortho intramolecular Hbond substituents is 2. The fourth-order valence-electron chi connectivity index (χ4n) is 11.8. The molecule has 1 aromatic heterocycles. The lowest BCUT2D eigenvalue weighted by Crippen LogP contribution is -2.46. The van der Waals surface area contributed by atoms with Crippen LogP contribution in [0.3, 0.4) is 0 Å². The van der Waals surface area contributed by atoms with Gasteiger partial charge in [0.2, 0.25) is 11.8 Å². The Labute approximate surface area is 661 Å². The highest BCUT2D eigenvalue weighted by Crippen LogP contribution is 2.41. The van der Waals surface area contributed by atoms with Gasteiger partial charge in [0.25, 0.3) is 0 Å². The number of likely N-dealkylation sites (N-methyl/N-ethyl adjacent to an activating group) is 1. The second kappa shape index (κ2) is 47.9. The van der Waals surface area contributed by atoms with E-state index in [0.717, 1.165) is 74.6 Å². The smallest absolute Gasteiger partial charge is 0.451 e. The van der Waals surface area contributed by atoms with Crippen LogP contribution in [0.25, 0.3) is 22.5 Å². The Bertz CT molecular complexity index is 4260. The molecule has 0 fully saturated rings. The first-order valence-electron chi connectivity index (χ1n) is 36.3. The van der Waals surface area contributed by atoms with Gasteiger partial charge in [0.15, 0.2) is 23.2 Å². The van der Waals surface area contributed by atoms with Gasteiger partial charge in [0.05, 0.1) is 23.4 Å². The zero-order valence-corrected chi connectivity index (χ0v) is 68.0. The lowest BCUT2D eigenvalue weighted by atomic mass is 9.85. The molecule has 0 unspecified atom stereocenters. The summed E-state index contributed by atoms with van der Waals surface area (Å²) in [5.41, 5.74) is 29.3. The molecule has 578 valence electrons. The van der Waals surface area contributed by atoms with Gasteiger partial charge in [0.1, 0.15) is 54.6 Å². The number of nitrogens with zero attached hydrogens (tertiary/aromatic N) is 4. The second-order valence-electron chi connectivity index (χ2n) is 26.4. The molecule has 0 saturated carbocycles. The van der Waals surface area contributed by atoms with Crippen molar-refractivity contribution in [3.63, 3.8) is 0 Å². The first-order chi connectivity index (χ1) is 51.2. The maximum Gasteiger partial charge on any atom is 0.451 e. The largest absolute Gasteiger partial charge is 0.508 e. The van der Waals surface area contributed by atoms with Gasteiger partial charge in [-0.15, -0.1) is 0 Å². The summed E-state index contributed by atoms with van der Waals surface area (Å²) in [6, 6.07) is 43.8. The molecule has 1 aliphatic rings. The van der Waals surface area contributed by atoms with Crippen molar-refractivity contribution >= 4 is 81.6 Å². The van der Waals surface area contributed by atoms with E-state index in [9.17, 15) is 34.3 Å². The Kier molecular flexibility index (Phi) is 40.6. The number of aryl methyl sites for hydroxylation is 7. The summed E-state index contributed by atoms with van der Waals surface area (Å²) in [4.78, 5) is 81.4. The molecule has 0 saturated heterocycles. The van der Waals surface area contributed by atoms with Crippen LogP contribution in [-0.2, 0) is 45.0 Å².